The van der Waals surface area contributed by atoms with Gasteiger partial charge in [-0.1, -0.05) is 18.5 Å². The Balaban J connectivity index is 2.43. The van der Waals surface area contributed by atoms with E-state index in [9.17, 15) is 28.3 Å². The van der Waals surface area contributed by atoms with Crippen LogP contribution in [0, 0.1) is 23.2 Å². The largest absolute Gasteiger partial charge is 0.478 e. The highest BCUT2D eigenvalue weighted by molar-refractivity contribution is 6.32. The molecular weight excluding hydrogens is 423 g/mol. The molecule has 0 aromatic heterocycles. The van der Waals surface area contributed by atoms with Crippen LogP contribution in [0.2, 0.25) is 5.02 Å². The molecule has 2 aromatic rings. The Morgan fingerprint density at radius 2 is 1.90 bits per heavy atom. The molecule has 9 heteroatoms. The van der Waals surface area contributed by atoms with Crippen molar-refractivity contribution in [2.75, 3.05) is 0 Å². The first-order valence-electron chi connectivity index (χ1n) is 8.51. The molecule has 0 fully saturated rings. The number of nitrogens with zero attached hydrogens (tertiary/aromatic N) is 1. The van der Waals surface area contributed by atoms with Crippen molar-refractivity contribution in [2.45, 2.75) is 32.0 Å². The molecule has 2 rings (SSSR count). The van der Waals surface area contributed by atoms with Crippen molar-refractivity contribution in [1.82, 2.24) is 0 Å². The lowest BCUT2D eigenvalue weighted by molar-refractivity contribution is -0.150. The first-order valence-corrected chi connectivity index (χ1v) is 8.89. The molecule has 0 bridgehead atoms. The standard InChI is InChI=1S/C21H15ClF3NO4/c1-3-9-20(4-2,19(27)28)30-18-11-15(7-5-13(18)12-26)29-17-8-6-14(10-16(17)22)21(23,24)25/h5-8,10-11H,4H2,1-2H3,(H,27,28). The van der Waals surface area contributed by atoms with Gasteiger partial charge in [-0.05, 0) is 43.2 Å². The second-order valence-corrected chi connectivity index (χ2v) is 6.38. The SMILES string of the molecule is CC#CC(CC)(Oc1cc(Oc2ccc(C(F)(F)F)cc2Cl)ccc1C#N)C(=O)O. The third kappa shape index (κ3) is 4.97. The van der Waals surface area contributed by atoms with Gasteiger partial charge in [0.2, 0.25) is 0 Å². The average Bonchev–Trinajstić information content (AvgIpc) is 2.68. The molecule has 1 atom stereocenters. The summed E-state index contributed by atoms with van der Waals surface area (Å²) >= 11 is 5.89. The molecule has 2 aromatic carbocycles. The lowest BCUT2D eigenvalue weighted by Crippen LogP contribution is -2.42. The summed E-state index contributed by atoms with van der Waals surface area (Å²) in [6, 6.07) is 8.41. The molecule has 0 amide bonds. The number of benzene rings is 2. The van der Waals surface area contributed by atoms with E-state index < -0.39 is 23.3 Å². The zero-order valence-electron chi connectivity index (χ0n) is 15.8. The van der Waals surface area contributed by atoms with E-state index in [2.05, 4.69) is 11.8 Å². The normalized spacial score (nSPS) is 12.7. The first kappa shape index (κ1) is 22.9. The molecule has 1 unspecified atom stereocenters. The molecule has 0 heterocycles. The van der Waals surface area contributed by atoms with E-state index in [0.29, 0.717) is 0 Å². The number of alkyl halides is 3. The maximum atomic E-state index is 12.8. The second-order valence-electron chi connectivity index (χ2n) is 5.98. The van der Waals surface area contributed by atoms with Crippen LogP contribution in [0.25, 0.3) is 0 Å². The summed E-state index contributed by atoms with van der Waals surface area (Å²) in [6.07, 6.45) is -4.57. The van der Waals surface area contributed by atoms with Crippen LogP contribution in [0.4, 0.5) is 13.2 Å². The van der Waals surface area contributed by atoms with Crippen molar-refractivity contribution in [1.29, 1.82) is 5.26 Å². The molecule has 0 spiro atoms. The van der Waals surface area contributed by atoms with Crippen molar-refractivity contribution in [3.63, 3.8) is 0 Å². The van der Waals surface area contributed by atoms with Crippen molar-refractivity contribution in [2.24, 2.45) is 0 Å². The van der Waals surface area contributed by atoms with E-state index in [0.717, 1.165) is 18.2 Å². The van der Waals surface area contributed by atoms with Gasteiger partial charge in [-0.2, -0.15) is 18.4 Å². The van der Waals surface area contributed by atoms with Crippen LogP contribution < -0.4 is 9.47 Å². The summed E-state index contributed by atoms with van der Waals surface area (Å²) in [7, 11) is 0. The first-order chi connectivity index (χ1) is 14.1. The zero-order valence-corrected chi connectivity index (χ0v) is 16.6. The molecular formula is C21H15ClF3NO4. The molecule has 0 aliphatic rings. The molecule has 0 aliphatic carbocycles. The van der Waals surface area contributed by atoms with E-state index in [1.54, 1.807) is 6.92 Å². The van der Waals surface area contributed by atoms with Gasteiger partial charge in [-0.15, -0.1) is 5.92 Å². The van der Waals surface area contributed by atoms with Gasteiger partial charge in [0.25, 0.3) is 5.60 Å². The highest BCUT2D eigenvalue weighted by Gasteiger charge is 2.38. The van der Waals surface area contributed by atoms with Crippen LogP contribution >= 0.6 is 11.6 Å². The van der Waals surface area contributed by atoms with Crippen LogP contribution in [0.3, 0.4) is 0 Å². The molecule has 1 N–H and O–H groups in total. The number of ether oxygens (including phenoxy) is 2. The van der Waals surface area contributed by atoms with E-state index in [-0.39, 0.29) is 34.3 Å². The fraction of sp³-hybridized carbons (Fsp3) is 0.238. The lowest BCUT2D eigenvalue weighted by atomic mass is 10.0. The highest BCUT2D eigenvalue weighted by atomic mass is 35.5. The summed E-state index contributed by atoms with van der Waals surface area (Å²) in [6.45, 7) is 3.01. The summed E-state index contributed by atoms with van der Waals surface area (Å²) in [5.41, 5.74) is -2.79. The number of halogens is 4. The lowest BCUT2D eigenvalue weighted by Gasteiger charge is -2.24. The Labute approximate surface area is 175 Å². The molecule has 30 heavy (non-hydrogen) atoms. The van der Waals surface area contributed by atoms with E-state index >= 15 is 0 Å². The number of carboxylic acids is 1. The third-order valence-corrected chi connectivity index (χ3v) is 4.31. The number of aliphatic carboxylic acids is 1. The highest BCUT2D eigenvalue weighted by Crippen LogP contribution is 2.37. The Bertz CT molecular complexity index is 1070. The van der Waals surface area contributed by atoms with E-state index in [1.807, 2.05) is 6.07 Å². The minimum Gasteiger partial charge on any atom is -0.478 e. The number of carbonyl (C=O) groups is 1. The Kier molecular flexibility index (Phi) is 6.86. The number of hydrogen-bond donors (Lipinski definition) is 1. The van der Waals surface area contributed by atoms with Crippen LogP contribution in [-0.4, -0.2) is 16.7 Å². The Morgan fingerprint density at radius 1 is 1.20 bits per heavy atom. The summed E-state index contributed by atoms with van der Waals surface area (Å²) in [5.74, 6) is 3.57. The fourth-order valence-corrected chi connectivity index (χ4v) is 2.67. The number of rotatable bonds is 6. The van der Waals surface area contributed by atoms with E-state index in [1.165, 1.54) is 25.1 Å². The summed E-state index contributed by atoms with van der Waals surface area (Å²) in [5, 5.41) is 18.6. The Morgan fingerprint density at radius 3 is 2.40 bits per heavy atom. The summed E-state index contributed by atoms with van der Waals surface area (Å²) < 4.78 is 49.4. The molecule has 0 saturated heterocycles. The second kappa shape index (κ2) is 8.98. The van der Waals surface area contributed by atoms with Crippen molar-refractivity contribution < 1.29 is 32.5 Å². The van der Waals surface area contributed by atoms with Crippen LogP contribution in [0.1, 0.15) is 31.4 Å². The third-order valence-electron chi connectivity index (χ3n) is 4.02. The van der Waals surface area contributed by atoms with E-state index in [4.69, 9.17) is 21.1 Å². The van der Waals surface area contributed by atoms with Crippen LogP contribution in [0.5, 0.6) is 17.2 Å². The van der Waals surface area contributed by atoms with Gasteiger partial charge >= 0.3 is 12.1 Å². The summed E-state index contributed by atoms with van der Waals surface area (Å²) in [4.78, 5) is 11.7. The van der Waals surface area contributed by atoms with Gasteiger partial charge in [-0.25, -0.2) is 4.79 Å². The predicted octanol–water partition coefficient (Wildman–Crippen LogP) is 5.66. The zero-order chi connectivity index (χ0) is 22.5. The van der Waals surface area contributed by atoms with Crippen molar-refractivity contribution in [3.8, 4) is 35.2 Å². The average molecular weight is 438 g/mol. The number of hydrogen-bond acceptors (Lipinski definition) is 4. The van der Waals surface area contributed by atoms with Gasteiger partial charge in [0, 0.05) is 12.5 Å². The minimum absolute atomic E-state index is 0.0101. The number of carboxylic acid groups (broad SMARTS) is 1. The van der Waals surface area contributed by atoms with Gasteiger partial charge in [0.1, 0.15) is 23.3 Å². The maximum Gasteiger partial charge on any atom is 0.416 e. The molecule has 0 radical (unpaired) electrons. The van der Waals surface area contributed by atoms with Gasteiger partial charge in [0.05, 0.1) is 16.1 Å². The maximum absolute atomic E-state index is 12.8. The van der Waals surface area contributed by atoms with Gasteiger partial charge in [-0.3, -0.25) is 0 Å². The Hall–Kier alpha value is -3.36. The quantitative estimate of drug-likeness (QED) is 0.590. The van der Waals surface area contributed by atoms with Crippen LogP contribution in [-0.2, 0) is 11.0 Å². The molecule has 0 aliphatic heterocycles. The predicted molar refractivity (Wildman–Crippen MR) is 102 cm³/mol. The van der Waals surface area contributed by atoms with Gasteiger partial charge in [0.15, 0.2) is 0 Å². The van der Waals surface area contributed by atoms with Crippen LogP contribution in [0.15, 0.2) is 36.4 Å². The smallest absolute Gasteiger partial charge is 0.416 e. The molecule has 156 valence electrons. The minimum atomic E-state index is -4.56. The molecule has 0 saturated carbocycles. The van der Waals surface area contributed by atoms with Gasteiger partial charge < -0.3 is 14.6 Å². The van der Waals surface area contributed by atoms with Crippen molar-refractivity contribution in [3.05, 3.63) is 52.5 Å². The monoisotopic (exact) mass is 437 g/mol. The number of nitriles is 1. The topological polar surface area (TPSA) is 79.5 Å². The molecule has 5 nitrogen and oxygen atoms in total. The fourth-order valence-electron chi connectivity index (χ4n) is 2.45. The van der Waals surface area contributed by atoms with Crippen molar-refractivity contribution >= 4 is 17.6 Å².